The van der Waals surface area contributed by atoms with Crippen LogP contribution in [-0.2, 0) is 22.7 Å². The first kappa shape index (κ1) is 36.3. The van der Waals surface area contributed by atoms with Crippen LogP contribution in [0.25, 0.3) is 11.1 Å². The van der Waals surface area contributed by atoms with Crippen molar-refractivity contribution in [1.82, 2.24) is 20.6 Å². The number of benzene rings is 2. The Labute approximate surface area is 287 Å². The van der Waals surface area contributed by atoms with E-state index in [2.05, 4.69) is 85.6 Å². The van der Waals surface area contributed by atoms with Crippen LogP contribution in [0.2, 0.25) is 0 Å². The Kier molecular flexibility index (Phi) is 11.2. The summed E-state index contributed by atoms with van der Waals surface area (Å²) in [5.41, 5.74) is 6.61. The number of aliphatic hydroxyl groups is 2. The molecule has 2 aromatic rings. The molecule has 1 saturated carbocycles. The van der Waals surface area contributed by atoms with Crippen LogP contribution in [0.5, 0.6) is 5.75 Å². The third-order valence-corrected chi connectivity index (χ3v) is 11.0. The molecule has 10 heteroatoms. The maximum Gasteiger partial charge on any atom is 0.240 e. The molecule has 6 rings (SSSR count). The molecule has 0 aromatic heterocycles. The van der Waals surface area contributed by atoms with Gasteiger partial charge in [-0.2, -0.15) is 5.06 Å². The smallest absolute Gasteiger partial charge is 0.240 e. The van der Waals surface area contributed by atoms with Crippen molar-refractivity contribution in [1.29, 1.82) is 0 Å². The van der Waals surface area contributed by atoms with Crippen LogP contribution in [0, 0.1) is 23.2 Å². The van der Waals surface area contributed by atoms with Crippen molar-refractivity contribution in [2.45, 2.75) is 71.5 Å². The van der Waals surface area contributed by atoms with Gasteiger partial charge in [0, 0.05) is 56.5 Å². The number of amides is 1. The SMILES string of the molecule is COc1c(CN2O[C@@H](CO)[C@H]([C@H](C)O)[C@H]2C(=O)N[C@H]2C=C3C[C@@H]([C@@H]2C)C3(C)C)cccc1-c1cc(CNCCN(C)C)cc(N(C)C)c1. The van der Waals surface area contributed by atoms with E-state index in [0.29, 0.717) is 17.6 Å². The number of likely N-dealkylation sites (N-methyl/N-ethyl adjacent to an activating group) is 1. The van der Waals surface area contributed by atoms with Gasteiger partial charge in [-0.05, 0) is 74.0 Å². The first-order valence-electron chi connectivity index (χ1n) is 17.3. The van der Waals surface area contributed by atoms with Gasteiger partial charge in [-0.25, -0.2) is 0 Å². The highest BCUT2D eigenvalue weighted by molar-refractivity contribution is 5.83. The van der Waals surface area contributed by atoms with Crippen molar-refractivity contribution in [2.75, 3.05) is 59.9 Å². The summed E-state index contributed by atoms with van der Waals surface area (Å²) < 4.78 is 6.08. The summed E-state index contributed by atoms with van der Waals surface area (Å²) in [6, 6.07) is 11.7. The number of fused-ring (bicyclic) bond motifs is 2. The fourth-order valence-corrected chi connectivity index (χ4v) is 7.98. The van der Waals surface area contributed by atoms with Gasteiger partial charge in [0.2, 0.25) is 5.91 Å². The lowest BCUT2D eigenvalue weighted by molar-refractivity contribution is -0.182. The fraction of sp³-hybridized carbons (Fsp3) is 0.605. The Hall–Kier alpha value is -2.99. The number of aliphatic hydroxyl groups excluding tert-OH is 2. The second-order valence-corrected chi connectivity index (χ2v) is 15.0. The van der Waals surface area contributed by atoms with Gasteiger partial charge in [0.25, 0.3) is 0 Å². The number of methoxy groups -OCH3 is 1. The number of carbonyl (C=O) groups excluding carboxylic acids is 1. The van der Waals surface area contributed by atoms with Gasteiger partial charge in [-0.15, -0.1) is 0 Å². The molecule has 7 atom stereocenters. The van der Waals surface area contributed by atoms with Gasteiger partial charge in [-0.1, -0.05) is 50.6 Å². The molecule has 0 unspecified atom stereocenters. The number of rotatable bonds is 14. The number of hydrogen-bond donors (Lipinski definition) is 4. The van der Waals surface area contributed by atoms with Gasteiger partial charge in [0.1, 0.15) is 17.9 Å². The van der Waals surface area contributed by atoms with Crippen LogP contribution < -0.4 is 20.3 Å². The molecule has 0 radical (unpaired) electrons. The van der Waals surface area contributed by atoms with Crippen LogP contribution in [0.3, 0.4) is 0 Å². The standard InChI is InChI=1S/C38H57N5O5/c1-23-31-18-28(38(31,3)4)19-32(23)40-37(46)35-34(24(2)45)33(22-44)48-43(35)21-26-11-10-12-30(36(26)47-9)27-15-25(16-29(17-27)42(7)8)20-39-13-14-41(5)6/h10-12,15-17,19,23-24,31-35,39,44-45H,13-14,18,20-22H2,1-9H3,(H,40,46)/t23-,24-,31-,32-,33-,34-,35-/m0/s1. The number of allylic oxidation sites excluding steroid dienone is 1. The maximum atomic E-state index is 14.1. The number of nitrogens with one attached hydrogen (secondary N) is 2. The first-order chi connectivity index (χ1) is 22.8. The topological polar surface area (TPSA) is 110 Å². The van der Waals surface area contributed by atoms with Crippen molar-refractivity contribution in [2.24, 2.45) is 23.2 Å². The summed E-state index contributed by atoms with van der Waals surface area (Å²) in [6.07, 6.45) is 1.72. The van der Waals surface area contributed by atoms with E-state index in [0.717, 1.165) is 48.4 Å². The third-order valence-electron chi connectivity index (χ3n) is 11.0. The number of ether oxygens (including phenoxy) is 1. The van der Waals surface area contributed by atoms with Gasteiger partial charge >= 0.3 is 0 Å². The van der Waals surface area contributed by atoms with E-state index in [4.69, 9.17) is 9.57 Å². The Morgan fingerprint density at radius 1 is 1.19 bits per heavy atom. The average Bonchev–Trinajstić information content (AvgIpc) is 3.42. The summed E-state index contributed by atoms with van der Waals surface area (Å²) in [6.45, 7) is 10.9. The summed E-state index contributed by atoms with van der Waals surface area (Å²) in [4.78, 5) is 24.7. The van der Waals surface area contributed by atoms with Crippen LogP contribution >= 0.6 is 0 Å². The highest BCUT2D eigenvalue weighted by Crippen LogP contribution is 2.58. The minimum absolute atomic E-state index is 0.0858. The zero-order valence-corrected chi connectivity index (χ0v) is 30.3. The Balaban J connectivity index is 1.43. The predicted octanol–water partition coefficient (Wildman–Crippen LogP) is 3.66. The maximum absolute atomic E-state index is 14.1. The molecule has 3 aliphatic carbocycles. The lowest BCUT2D eigenvalue weighted by Crippen LogP contribution is -2.57. The second kappa shape index (κ2) is 14.9. The highest BCUT2D eigenvalue weighted by atomic mass is 16.7. The lowest BCUT2D eigenvalue weighted by atomic mass is 9.50. The number of hydrogen-bond acceptors (Lipinski definition) is 9. The minimum Gasteiger partial charge on any atom is -0.496 e. The quantitative estimate of drug-likeness (QED) is 0.178. The summed E-state index contributed by atoms with van der Waals surface area (Å²) in [5.74, 6) is 0.685. The third kappa shape index (κ3) is 7.29. The molecule has 1 saturated heterocycles. The molecule has 48 heavy (non-hydrogen) atoms. The van der Waals surface area contributed by atoms with Crippen LogP contribution in [0.1, 0.15) is 45.2 Å². The number of nitrogens with zero attached hydrogens (tertiary/aromatic N) is 3. The summed E-state index contributed by atoms with van der Waals surface area (Å²) in [7, 11) is 9.88. The average molecular weight is 664 g/mol. The molecule has 2 fully saturated rings. The fourth-order valence-electron chi connectivity index (χ4n) is 7.98. The second-order valence-electron chi connectivity index (χ2n) is 15.0. The Morgan fingerprint density at radius 2 is 1.94 bits per heavy atom. The zero-order valence-electron chi connectivity index (χ0n) is 30.3. The largest absolute Gasteiger partial charge is 0.496 e. The summed E-state index contributed by atoms with van der Waals surface area (Å²) in [5, 5.41) is 29.6. The number of hydroxylamine groups is 2. The molecular weight excluding hydrogens is 606 g/mol. The Morgan fingerprint density at radius 3 is 2.54 bits per heavy atom. The molecule has 1 amide bonds. The first-order valence-corrected chi connectivity index (χ1v) is 17.3. The molecule has 0 spiro atoms. The molecule has 10 nitrogen and oxygen atoms in total. The van der Waals surface area contributed by atoms with E-state index in [1.807, 2.05) is 26.2 Å². The predicted molar refractivity (Wildman–Crippen MR) is 191 cm³/mol. The van der Waals surface area contributed by atoms with E-state index in [1.165, 1.54) is 11.1 Å². The Bertz CT molecular complexity index is 1470. The van der Waals surface area contributed by atoms with Crippen LogP contribution in [0.4, 0.5) is 5.69 Å². The molecule has 4 N–H and O–H groups in total. The molecule has 1 aliphatic heterocycles. The number of para-hydroxylation sites is 1. The van der Waals surface area contributed by atoms with E-state index >= 15 is 0 Å². The van der Waals surface area contributed by atoms with E-state index in [-0.39, 0.29) is 30.5 Å². The lowest BCUT2D eigenvalue weighted by Gasteiger charge is -2.56. The summed E-state index contributed by atoms with van der Waals surface area (Å²) >= 11 is 0. The molecule has 264 valence electrons. The highest BCUT2D eigenvalue weighted by Gasteiger charge is 2.53. The van der Waals surface area contributed by atoms with Crippen LogP contribution in [0.15, 0.2) is 48.0 Å². The minimum atomic E-state index is -0.871. The molecule has 2 bridgehead atoms. The normalized spacial score (nSPS) is 27.0. The van der Waals surface area contributed by atoms with Crippen molar-refractivity contribution in [3.63, 3.8) is 0 Å². The molecular formula is C38H57N5O5. The molecule has 2 aromatic carbocycles. The molecule has 4 aliphatic rings. The number of anilines is 1. The van der Waals surface area contributed by atoms with Crippen molar-refractivity contribution < 1.29 is 24.6 Å². The van der Waals surface area contributed by atoms with Crippen molar-refractivity contribution >= 4 is 11.6 Å². The zero-order chi connectivity index (χ0) is 34.9. The van der Waals surface area contributed by atoms with Gasteiger partial charge in [0.15, 0.2) is 0 Å². The van der Waals surface area contributed by atoms with E-state index < -0.39 is 24.2 Å². The molecule has 1 heterocycles. The van der Waals surface area contributed by atoms with Gasteiger partial charge in [-0.3, -0.25) is 9.63 Å². The monoisotopic (exact) mass is 663 g/mol. The van der Waals surface area contributed by atoms with E-state index in [1.54, 1.807) is 19.1 Å². The van der Waals surface area contributed by atoms with Crippen molar-refractivity contribution in [3.05, 3.63) is 59.2 Å². The van der Waals surface area contributed by atoms with E-state index in [9.17, 15) is 15.0 Å². The van der Waals surface area contributed by atoms with Gasteiger partial charge in [0.05, 0.1) is 32.4 Å². The van der Waals surface area contributed by atoms with Crippen LogP contribution in [-0.4, -0.2) is 105 Å². The van der Waals surface area contributed by atoms with Crippen molar-refractivity contribution in [3.8, 4) is 16.9 Å². The van der Waals surface area contributed by atoms with Gasteiger partial charge < -0.3 is 35.4 Å². The number of carbonyl (C=O) groups is 1.